The third kappa shape index (κ3) is 3.52. The molecule has 0 saturated carbocycles. The lowest BCUT2D eigenvalue weighted by atomic mass is 10.2. The van der Waals surface area contributed by atoms with E-state index in [0.717, 1.165) is 4.90 Å². The molecular weight excluding hydrogens is 290 g/mol. The Labute approximate surface area is 127 Å². The predicted molar refractivity (Wildman–Crippen MR) is 78.7 cm³/mol. The monoisotopic (exact) mass is 305 g/mol. The highest BCUT2D eigenvalue weighted by Gasteiger charge is 2.30. The van der Waals surface area contributed by atoms with Gasteiger partial charge in [-0.05, 0) is 26.0 Å². The van der Waals surface area contributed by atoms with Gasteiger partial charge in [0, 0.05) is 4.90 Å². The van der Waals surface area contributed by atoms with Crippen LogP contribution in [0.4, 0.5) is 0 Å². The normalized spacial score (nSPS) is 15.8. The first-order valence-corrected chi connectivity index (χ1v) is 7.31. The molecule has 0 aromatic heterocycles. The molecule has 0 bridgehead atoms. The molecule has 0 aliphatic carbocycles. The number of benzene rings is 1. The molecule has 1 aliphatic rings. The first-order chi connectivity index (χ1) is 10.0. The van der Waals surface area contributed by atoms with Gasteiger partial charge in [0.1, 0.15) is 5.78 Å². The van der Waals surface area contributed by atoms with Crippen molar-refractivity contribution in [1.82, 2.24) is 4.90 Å². The molecule has 1 heterocycles. The largest absolute Gasteiger partial charge is 0.463 e. The number of hydrogen-bond donors (Lipinski definition) is 0. The lowest BCUT2D eigenvalue weighted by Gasteiger charge is -2.29. The third-order valence-electron chi connectivity index (χ3n) is 2.75. The van der Waals surface area contributed by atoms with E-state index < -0.39 is 5.97 Å². The van der Waals surface area contributed by atoms with Crippen molar-refractivity contribution < 1.29 is 19.1 Å². The van der Waals surface area contributed by atoms with Crippen LogP contribution in [0.2, 0.25) is 0 Å². The number of nitrogens with zero attached hydrogens (tertiary/aromatic N) is 1. The van der Waals surface area contributed by atoms with E-state index in [1.165, 1.54) is 29.7 Å². The number of thioether (sulfide) groups is 1. The summed E-state index contributed by atoms with van der Waals surface area (Å²) in [5.41, 5.74) is 0.532. The van der Waals surface area contributed by atoms with Crippen molar-refractivity contribution in [2.24, 2.45) is 0 Å². The second kappa shape index (κ2) is 6.58. The van der Waals surface area contributed by atoms with Gasteiger partial charge in [0.05, 0.1) is 29.8 Å². The van der Waals surface area contributed by atoms with E-state index in [0.29, 0.717) is 10.6 Å². The molecule has 0 radical (unpaired) electrons. The number of ether oxygens (including phenoxy) is 1. The van der Waals surface area contributed by atoms with Crippen molar-refractivity contribution in [1.29, 1.82) is 0 Å². The maximum absolute atomic E-state index is 12.5. The van der Waals surface area contributed by atoms with Gasteiger partial charge in [-0.25, -0.2) is 4.79 Å². The summed E-state index contributed by atoms with van der Waals surface area (Å²) in [4.78, 5) is 37.5. The van der Waals surface area contributed by atoms with Gasteiger partial charge >= 0.3 is 5.97 Å². The number of ketones is 1. The number of fused-ring (bicyclic) bond motifs is 1. The second-order valence-electron chi connectivity index (χ2n) is 4.43. The van der Waals surface area contributed by atoms with Crippen LogP contribution in [0.5, 0.6) is 0 Å². The van der Waals surface area contributed by atoms with Gasteiger partial charge in [-0.1, -0.05) is 23.9 Å². The molecular formula is C15H15NO4S. The van der Waals surface area contributed by atoms with E-state index in [2.05, 4.69) is 0 Å². The molecule has 1 aliphatic heterocycles. The van der Waals surface area contributed by atoms with Crippen molar-refractivity contribution >= 4 is 29.4 Å². The fraction of sp³-hybridized carbons (Fsp3) is 0.267. The summed E-state index contributed by atoms with van der Waals surface area (Å²) in [5, 5.41) is 0.410. The first kappa shape index (κ1) is 15.3. The zero-order valence-corrected chi connectivity index (χ0v) is 12.6. The first-order valence-electron chi connectivity index (χ1n) is 6.49. The SMILES string of the molecule is CCOC(=O)/C=C1/Sc2ccccc2C(=O)N1CC(C)=O. The number of carbonyl (C=O) groups excluding carboxylic acids is 3. The zero-order chi connectivity index (χ0) is 15.4. The highest BCUT2D eigenvalue weighted by molar-refractivity contribution is 8.03. The molecule has 1 aromatic carbocycles. The lowest BCUT2D eigenvalue weighted by molar-refractivity contribution is -0.137. The number of hydrogen-bond acceptors (Lipinski definition) is 5. The van der Waals surface area contributed by atoms with Gasteiger partial charge in [-0.15, -0.1) is 0 Å². The van der Waals surface area contributed by atoms with Crippen LogP contribution in [0.3, 0.4) is 0 Å². The van der Waals surface area contributed by atoms with Gasteiger partial charge in [0.25, 0.3) is 5.91 Å². The van der Waals surface area contributed by atoms with Gasteiger partial charge in [-0.3, -0.25) is 14.5 Å². The smallest absolute Gasteiger partial charge is 0.333 e. The Morgan fingerprint density at radius 1 is 1.33 bits per heavy atom. The highest BCUT2D eigenvalue weighted by Crippen LogP contribution is 2.37. The Morgan fingerprint density at radius 3 is 2.71 bits per heavy atom. The molecule has 0 saturated heterocycles. The minimum atomic E-state index is -0.527. The number of rotatable bonds is 4. The minimum absolute atomic E-state index is 0.0641. The Kier molecular flexibility index (Phi) is 4.80. The predicted octanol–water partition coefficient (Wildman–Crippen LogP) is 2.23. The van der Waals surface area contributed by atoms with E-state index >= 15 is 0 Å². The van der Waals surface area contributed by atoms with Crippen LogP contribution in [0.15, 0.2) is 40.3 Å². The fourth-order valence-corrected chi connectivity index (χ4v) is 2.96. The summed E-state index contributed by atoms with van der Waals surface area (Å²) in [6.07, 6.45) is 1.25. The summed E-state index contributed by atoms with van der Waals surface area (Å²) < 4.78 is 4.87. The maximum Gasteiger partial charge on any atom is 0.333 e. The molecule has 1 amide bonds. The van der Waals surface area contributed by atoms with Gasteiger partial charge < -0.3 is 4.74 Å². The van der Waals surface area contributed by atoms with Crippen molar-refractivity contribution in [3.63, 3.8) is 0 Å². The number of Topliss-reactive ketones (excluding diaryl/α,β-unsaturated/α-hetero) is 1. The van der Waals surface area contributed by atoms with E-state index in [1.54, 1.807) is 19.1 Å². The summed E-state index contributed by atoms with van der Waals surface area (Å²) in [6, 6.07) is 7.10. The van der Waals surface area contributed by atoms with Crippen LogP contribution in [0, 0.1) is 0 Å². The van der Waals surface area contributed by atoms with E-state index in [9.17, 15) is 14.4 Å². The van der Waals surface area contributed by atoms with E-state index in [4.69, 9.17) is 4.74 Å². The molecule has 2 rings (SSSR count). The van der Waals surface area contributed by atoms with Crippen LogP contribution in [-0.2, 0) is 14.3 Å². The lowest BCUT2D eigenvalue weighted by Crippen LogP contribution is -2.36. The topological polar surface area (TPSA) is 63.7 Å². The van der Waals surface area contributed by atoms with Crippen LogP contribution in [0.25, 0.3) is 0 Å². The maximum atomic E-state index is 12.5. The number of esters is 1. The average molecular weight is 305 g/mol. The van der Waals surface area contributed by atoms with Crippen molar-refractivity contribution in [3.05, 3.63) is 40.9 Å². The number of amides is 1. The van der Waals surface area contributed by atoms with E-state index in [1.807, 2.05) is 12.1 Å². The molecule has 0 fully saturated rings. The average Bonchev–Trinajstić information content (AvgIpc) is 2.43. The van der Waals surface area contributed by atoms with Gasteiger partial charge in [0.15, 0.2) is 0 Å². The molecule has 110 valence electrons. The van der Waals surface area contributed by atoms with Crippen LogP contribution < -0.4 is 0 Å². The molecule has 0 spiro atoms. The van der Waals surface area contributed by atoms with Crippen molar-refractivity contribution in [2.75, 3.05) is 13.2 Å². The standard InChI is InChI=1S/C15H15NO4S/c1-3-20-14(18)8-13-16(9-10(2)17)15(19)11-6-4-5-7-12(11)21-13/h4-8H,3,9H2,1-2H3/b13-8+. The van der Waals surface area contributed by atoms with Crippen LogP contribution in [-0.4, -0.2) is 35.7 Å². The summed E-state index contributed by atoms with van der Waals surface area (Å²) in [7, 11) is 0. The van der Waals surface area contributed by atoms with Crippen molar-refractivity contribution in [3.8, 4) is 0 Å². The highest BCUT2D eigenvalue weighted by atomic mass is 32.2. The van der Waals surface area contributed by atoms with Gasteiger partial charge in [-0.2, -0.15) is 0 Å². The summed E-state index contributed by atoms with van der Waals surface area (Å²) >= 11 is 1.28. The summed E-state index contributed by atoms with van der Waals surface area (Å²) in [5.74, 6) is -0.964. The Balaban J connectivity index is 2.40. The van der Waals surface area contributed by atoms with Crippen LogP contribution >= 0.6 is 11.8 Å². The quantitative estimate of drug-likeness (QED) is 0.630. The molecule has 0 N–H and O–H groups in total. The van der Waals surface area contributed by atoms with E-state index in [-0.39, 0.29) is 24.8 Å². The van der Waals surface area contributed by atoms with Crippen molar-refractivity contribution in [2.45, 2.75) is 18.7 Å². The molecule has 0 atom stereocenters. The van der Waals surface area contributed by atoms with Gasteiger partial charge in [0.2, 0.25) is 0 Å². The van der Waals surface area contributed by atoms with Crippen LogP contribution in [0.1, 0.15) is 24.2 Å². The minimum Gasteiger partial charge on any atom is -0.463 e. The Bertz CT molecular complexity index is 624. The summed E-state index contributed by atoms with van der Waals surface area (Å²) in [6.45, 7) is 3.30. The third-order valence-corrected chi connectivity index (χ3v) is 3.88. The Hall–Kier alpha value is -2.08. The molecule has 1 aromatic rings. The number of carbonyl (C=O) groups is 3. The molecule has 21 heavy (non-hydrogen) atoms. The molecule has 6 heteroatoms. The second-order valence-corrected chi connectivity index (χ2v) is 5.49. The zero-order valence-electron chi connectivity index (χ0n) is 11.8. The molecule has 0 unspecified atom stereocenters. The fourth-order valence-electron chi connectivity index (χ4n) is 1.91. The molecule has 5 nitrogen and oxygen atoms in total. The Morgan fingerprint density at radius 2 is 2.05 bits per heavy atom.